The van der Waals surface area contributed by atoms with E-state index < -0.39 is 23.8 Å². The zero-order valence-electron chi connectivity index (χ0n) is 30.6. The van der Waals surface area contributed by atoms with Crippen molar-refractivity contribution < 1.29 is 35.1 Å². The second kappa shape index (κ2) is 22.7. The number of hydrogen-bond acceptors (Lipinski definition) is 6. The predicted octanol–water partition coefficient (Wildman–Crippen LogP) is 10.3. The Bertz CT molecular complexity index is 1680. The Balaban J connectivity index is 0.000000480. The molecular weight excluding hydrogens is 701 g/mol. The van der Waals surface area contributed by atoms with E-state index in [0.717, 1.165) is 47.9 Å². The van der Waals surface area contributed by atoms with Gasteiger partial charge in [-0.25, -0.2) is 9.59 Å². The van der Waals surface area contributed by atoms with Gasteiger partial charge >= 0.3 is 11.9 Å². The van der Waals surface area contributed by atoms with E-state index in [1.165, 1.54) is 6.92 Å². The Morgan fingerprint density at radius 2 is 0.981 bits per heavy atom. The lowest BCUT2D eigenvalue weighted by Gasteiger charge is -2.24. The third-order valence-electron chi connectivity index (χ3n) is 7.94. The first-order valence-electron chi connectivity index (χ1n) is 17.0. The number of carboxylic acids is 1. The number of aliphatic hydroxyl groups is 2. The van der Waals surface area contributed by atoms with Gasteiger partial charge < -0.3 is 25.5 Å². The van der Waals surface area contributed by atoms with Gasteiger partial charge in [0.25, 0.3) is 0 Å². The molecule has 4 atom stereocenters. The first-order chi connectivity index (χ1) is 24.1. The van der Waals surface area contributed by atoms with Crippen molar-refractivity contribution in [2.75, 3.05) is 0 Å². The average molecular weight is 753 g/mol. The number of nitriles is 1. The maximum atomic E-state index is 12.2. The van der Waals surface area contributed by atoms with Gasteiger partial charge in [-0.2, -0.15) is 5.26 Å². The first-order valence-corrected chi connectivity index (χ1v) is 17.8. The highest BCUT2D eigenvalue weighted by molar-refractivity contribution is 6.30. The Kier molecular flexibility index (Phi) is 19.9. The van der Waals surface area contributed by atoms with E-state index >= 15 is 0 Å². The van der Waals surface area contributed by atoms with Crippen LogP contribution in [0, 0.1) is 11.3 Å². The predicted molar refractivity (Wildman–Crippen MR) is 208 cm³/mol. The zero-order chi connectivity index (χ0) is 38.1. The van der Waals surface area contributed by atoms with Gasteiger partial charge in [0.15, 0.2) is 0 Å². The maximum Gasteiger partial charge on any atom is 0.338 e. The summed E-state index contributed by atoms with van der Waals surface area (Å²) in [6.07, 6.45) is 2.26. The molecule has 0 unspecified atom stereocenters. The van der Waals surface area contributed by atoms with Gasteiger partial charge in [0.1, 0.15) is 5.60 Å². The molecule has 10 heteroatoms. The van der Waals surface area contributed by atoms with Crippen LogP contribution in [-0.4, -0.2) is 38.3 Å². The summed E-state index contributed by atoms with van der Waals surface area (Å²) in [4.78, 5) is 23.1. The van der Waals surface area contributed by atoms with E-state index in [9.17, 15) is 19.8 Å². The largest absolute Gasteiger partial charge is 0.478 e. The van der Waals surface area contributed by atoms with E-state index in [-0.39, 0.29) is 28.8 Å². The molecule has 8 nitrogen and oxygen atoms in total. The lowest BCUT2D eigenvalue weighted by Crippen LogP contribution is -2.23. The second-order valence-corrected chi connectivity index (χ2v) is 13.9. The van der Waals surface area contributed by atoms with Gasteiger partial charge in [-0.1, -0.05) is 98.4 Å². The summed E-state index contributed by atoms with van der Waals surface area (Å²) in [5, 5.41) is 39.1. The molecule has 0 bridgehead atoms. The number of benzene rings is 4. The SMILES string of the molecule is CC#N.CCC[C@H](c1ccc(C(=O)O)cc1)[C@@H](O)c1ccc(Cl)cc1.CCC[C@H](c1ccc(C(=O)OC(C)(C)C)cc1)[C@@H](O)c1ccc(Cl)cc1.O. The molecule has 4 rings (SSSR count). The number of aliphatic hydroxyl groups excluding tert-OH is 2. The van der Waals surface area contributed by atoms with E-state index in [0.29, 0.717) is 15.6 Å². The monoisotopic (exact) mass is 751 g/mol. The average Bonchev–Trinajstić information content (AvgIpc) is 3.10. The van der Waals surface area contributed by atoms with E-state index in [1.807, 2.05) is 57.2 Å². The molecule has 4 aromatic rings. The third kappa shape index (κ3) is 14.8. The highest BCUT2D eigenvalue weighted by Gasteiger charge is 2.24. The maximum absolute atomic E-state index is 12.2. The molecule has 0 saturated heterocycles. The van der Waals surface area contributed by atoms with Crippen molar-refractivity contribution in [1.29, 1.82) is 5.26 Å². The fourth-order valence-electron chi connectivity index (χ4n) is 5.50. The highest BCUT2D eigenvalue weighted by atomic mass is 35.5. The number of aromatic carboxylic acids is 1. The molecule has 4 aromatic carbocycles. The summed E-state index contributed by atoms with van der Waals surface area (Å²) in [6.45, 7) is 11.1. The second-order valence-electron chi connectivity index (χ2n) is 13.1. The number of halogens is 2. The van der Waals surface area contributed by atoms with Crippen LogP contribution in [0.2, 0.25) is 10.0 Å². The molecule has 0 aliphatic heterocycles. The van der Waals surface area contributed by atoms with Crippen molar-refractivity contribution in [3.8, 4) is 6.07 Å². The number of carbonyl (C=O) groups is 2. The van der Waals surface area contributed by atoms with E-state index in [2.05, 4.69) is 13.8 Å². The minimum absolute atomic E-state index is 0. The van der Waals surface area contributed by atoms with Crippen molar-refractivity contribution in [3.63, 3.8) is 0 Å². The molecule has 0 spiro atoms. The Hall–Kier alpha value is -4.23. The molecule has 0 heterocycles. The molecule has 0 fully saturated rings. The summed E-state index contributed by atoms with van der Waals surface area (Å²) >= 11 is 11.8. The van der Waals surface area contributed by atoms with Crippen molar-refractivity contribution >= 4 is 35.1 Å². The Labute approximate surface area is 317 Å². The molecule has 280 valence electrons. The van der Waals surface area contributed by atoms with Crippen LogP contribution in [-0.2, 0) is 4.74 Å². The number of esters is 1. The van der Waals surface area contributed by atoms with Crippen molar-refractivity contribution in [3.05, 3.63) is 140 Å². The van der Waals surface area contributed by atoms with Crippen LogP contribution in [0.15, 0.2) is 97.1 Å². The van der Waals surface area contributed by atoms with Gasteiger partial charge in [0.2, 0.25) is 0 Å². The van der Waals surface area contributed by atoms with Gasteiger partial charge in [0, 0.05) is 28.8 Å². The highest BCUT2D eigenvalue weighted by Crippen LogP contribution is 2.36. The number of hydrogen-bond donors (Lipinski definition) is 3. The van der Waals surface area contributed by atoms with Crippen LogP contribution < -0.4 is 0 Å². The summed E-state index contributed by atoms with van der Waals surface area (Å²) in [5.41, 5.74) is 3.83. The van der Waals surface area contributed by atoms with E-state index in [1.54, 1.807) is 66.7 Å². The Morgan fingerprint density at radius 3 is 1.27 bits per heavy atom. The number of rotatable bonds is 12. The minimum Gasteiger partial charge on any atom is -0.478 e. The topological polar surface area (TPSA) is 159 Å². The van der Waals surface area contributed by atoms with Crippen LogP contribution in [0.4, 0.5) is 0 Å². The molecule has 5 N–H and O–H groups in total. The smallest absolute Gasteiger partial charge is 0.338 e. The van der Waals surface area contributed by atoms with E-state index in [4.69, 9.17) is 38.3 Å². The number of carboxylic acid groups (broad SMARTS) is 1. The molecule has 52 heavy (non-hydrogen) atoms. The lowest BCUT2D eigenvalue weighted by molar-refractivity contribution is 0.00692. The van der Waals surface area contributed by atoms with Crippen molar-refractivity contribution in [1.82, 2.24) is 0 Å². The summed E-state index contributed by atoms with van der Waals surface area (Å²) < 4.78 is 5.40. The summed E-state index contributed by atoms with van der Waals surface area (Å²) in [7, 11) is 0. The Morgan fingerprint density at radius 1 is 0.673 bits per heavy atom. The molecule has 0 amide bonds. The van der Waals surface area contributed by atoms with Crippen LogP contribution in [0.1, 0.15) is 134 Å². The zero-order valence-corrected chi connectivity index (χ0v) is 32.2. The van der Waals surface area contributed by atoms with Crippen LogP contribution in [0.25, 0.3) is 0 Å². The van der Waals surface area contributed by atoms with Crippen LogP contribution in [0.3, 0.4) is 0 Å². The number of ether oxygens (including phenoxy) is 1. The lowest BCUT2D eigenvalue weighted by atomic mass is 9.85. The van der Waals surface area contributed by atoms with Gasteiger partial charge in [-0.05, 0) is 104 Å². The van der Waals surface area contributed by atoms with Gasteiger partial charge in [0.05, 0.1) is 29.4 Å². The molecule has 0 saturated carbocycles. The molecule has 0 aliphatic carbocycles. The third-order valence-corrected chi connectivity index (χ3v) is 8.45. The van der Waals surface area contributed by atoms with Gasteiger partial charge in [-0.15, -0.1) is 0 Å². The molecule has 0 radical (unpaired) electrons. The minimum atomic E-state index is -0.947. The quantitative estimate of drug-likeness (QED) is 0.121. The molecular formula is C42H51Cl2NO7. The van der Waals surface area contributed by atoms with Crippen molar-refractivity contribution in [2.45, 2.75) is 96.9 Å². The fraction of sp³-hybridized carbons (Fsp3) is 0.357. The van der Waals surface area contributed by atoms with Gasteiger partial charge in [-0.3, -0.25) is 0 Å². The first kappa shape index (κ1) is 45.8. The van der Waals surface area contributed by atoms with Crippen LogP contribution in [0.5, 0.6) is 0 Å². The van der Waals surface area contributed by atoms with Crippen molar-refractivity contribution in [2.24, 2.45) is 0 Å². The fourth-order valence-corrected chi connectivity index (χ4v) is 5.75. The molecule has 0 aromatic heterocycles. The summed E-state index contributed by atoms with van der Waals surface area (Å²) in [6, 6.07) is 30.2. The normalized spacial score (nSPS) is 12.9. The number of nitrogens with zero attached hydrogens (tertiary/aromatic N) is 1. The van der Waals surface area contributed by atoms with Crippen LogP contribution >= 0.6 is 23.2 Å². The standard InChI is InChI=1S/C22H27ClO3.C18H19ClO3.C2H3N.H2O/c1-5-6-19(20(24)16-11-13-18(23)14-12-16)15-7-9-17(10-8-15)21(25)26-22(2,3)4;1-2-3-16(12-4-6-14(7-5-12)18(21)22)17(20)13-8-10-15(19)11-9-13;1-2-3;/h7-14,19-20,24H,5-6H2,1-4H3;4-11,16-17,20H,2-3H2,1H3,(H,21,22);1H3;1H2/t19-,20+;16-,17+;;/m11../s1. The summed E-state index contributed by atoms with van der Waals surface area (Å²) in [5.74, 6) is -1.41. The number of carbonyl (C=O) groups excluding carboxylic acids is 1. The molecule has 0 aliphatic rings.